The molecule has 0 aliphatic heterocycles. The van der Waals surface area contributed by atoms with E-state index in [1.54, 1.807) is 0 Å². The number of carbonyl (C=O) groups is 1. The van der Waals surface area contributed by atoms with Gasteiger partial charge in [-0.05, 0) is 0 Å². The summed E-state index contributed by atoms with van der Waals surface area (Å²) in [5.41, 5.74) is 2.03. The van der Waals surface area contributed by atoms with Crippen LogP contribution >= 0.6 is 0 Å². The van der Waals surface area contributed by atoms with E-state index in [0.717, 1.165) is 22.0 Å². The van der Waals surface area contributed by atoms with Gasteiger partial charge in [-0.1, -0.05) is 0 Å². The van der Waals surface area contributed by atoms with Crippen molar-refractivity contribution in [1.82, 2.24) is 0 Å². The average molecular weight is 474 g/mol. The summed E-state index contributed by atoms with van der Waals surface area (Å²) in [5, 5.41) is 10.1. The zero-order valence-electron chi connectivity index (χ0n) is 17.6. The van der Waals surface area contributed by atoms with E-state index >= 15 is 0 Å². The van der Waals surface area contributed by atoms with Crippen molar-refractivity contribution in [3.05, 3.63) is 35.4 Å². The molecule has 0 bridgehead atoms. The van der Waals surface area contributed by atoms with Gasteiger partial charge < -0.3 is 0 Å². The fourth-order valence-electron chi connectivity index (χ4n) is 4.87. The summed E-state index contributed by atoms with van der Waals surface area (Å²) >= 11 is -2.41. The second kappa shape index (κ2) is 11.2. The summed E-state index contributed by atoms with van der Waals surface area (Å²) in [4.78, 5) is 13.0. The summed E-state index contributed by atoms with van der Waals surface area (Å²) in [6, 6.07) is 10.6. The first-order chi connectivity index (χ1) is 13.1. The van der Waals surface area contributed by atoms with Crippen LogP contribution in [0, 0.1) is 23.2 Å². The van der Waals surface area contributed by atoms with E-state index in [-0.39, 0.29) is 17.6 Å². The Morgan fingerprint density at radius 3 is 2.07 bits per heavy atom. The maximum atomic E-state index is 13.0. The van der Waals surface area contributed by atoms with Crippen LogP contribution in [0.5, 0.6) is 0 Å². The normalized spacial score (nSPS) is 17.6. The van der Waals surface area contributed by atoms with Crippen molar-refractivity contribution in [2.24, 2.45) is 11.8 Å². The zero-order chi connectivity index (χ0) is 19.7. The standard InChI is InChI=1S/C12H10NO.3C4H9.Sn/c1-8(7-13)11-6-9-4-2-3-5-10(9)12(11)14;3*1-3-4-2;/h2-5,8,11H,1,6H2;3*1,3-4H2,2H3;. The van der Waals surface area contributed by atoms with Gasteiger partial charge in [0.05, 0.1) is 0 Å². The van der Waals surface area contributed by atoms with Gasteiger partial charge in [-0.2, -0.15) is 0 Å². The number of nitrogens with zero attached hydrogens (tertiary/aromatic N) is 1. The Bertz CT molecular complexity index is 626. The Balaban J connectivity index is 2.22. The number of benzene rings is 1. The minimum atomic E-state index is -2.41. The summed E-state index contributed by atoms with van der Waals surface area (Å²) in [7, 11) is 0. The predicted octanol–water partition coefficient (Wildman–Crippen LogP) is 7.03. The van der Waals surface area contributed by atoms with Gasteiger partial charge in [0, 0.05) is 0 Å². The molecule has 0 N–H and O–H groups in total. The van der Waals surface area contributed by atoms with E-state index in [0.29, 0.717) is 0 Å². The van der Waals surface area contributed by atoms with Crippen LogP contribution in [0.4, 0.5) is 0 Å². The molecule has 2 rings (SSSR count). The van der Waals surface area contributed by atoms with Crippen molar-refractivity contribution in [1.29, 1.82) is 5.26 Å². The Kier molecular flexibility index (Phi) is 9.36. The van der Waals surface area contributed by atoms with Crippen molar-refractivity contribution >= 4 is 24.2 Å². The molecule has 2 atom stereocenters. The quantitative estimate of drug-likeness (QED) is 0.305. The van der Waals surface area contributed by atoms with Gasteiger partial charge in [0.1, 0.15) is 0 Å². The molecule has 1 aromatic rings. The number of nitriles is 1. The number of unbranched alkanes of at least 4 members (excludes halogenated alkanes) is 3. The number of hydrogen-bond donors (Lipinski definition) is 0. The van der Waals surface area contributed by atoms with Crippen molar-refractivity contribution in [3.8, 4) is 6.07 Å². The molecule has 148 valence electrons. The molecule has 0 saturated carbocycles. The summed E-state index contributed by atoms with van der Waals surface area (Å²) in [6.45, 7) is 6.86. The van der Waals surface area contributed by atoms with Gasteiger partial charge in [-0.25, -0.2) is 0 Å². The topological polar surface area (TPSA) is 40.9 Å². The molecule has 3 heteroatoms. The van der Waals surface area contributed by atoms with Crippen molar-refractivity contribution < 1.29 is 4.79 Å². The van der Waals surface area contributed by atoms with E-state index in [1.165, 1.54) is 51.8 Å². The Morgan fingerprint density at radius 1 is 1.04 bits per heavy atom. The molecule has 1 aliphatic rings. The first-order valence-electron chi connectivity index (χ1n) is 11.1. The Hall–Kier alpha value is -0.821. The second-order valence-electron chi connectivity index (χ2n) is 8.58. The summed E-state index contributed by atoms with van der Waals surface area (Å²) < 4.78 is 5.35. The first-order valence-corrected chi connectivity index (χ1v) is 19.2. The Labute approximate surface area is 170 Å². The van der Waals surface area contributed by atoms with Gasteiger partial charge in [0.2, 0.25) is 0 Å². The molecule has 0 aromatic heterocycles. The van der Waals surface area contributed by atoms with Crippen LogP contribution in [0.25, 0.3) is 0 Å². The van der Waals surface area contributed by atoms with Crippen LogP contribution < -0.4 is 0 Å². The van der Waals surface area contributed by atoms with Crippen LogP contribution in [-0.2, 0) is 6.42 Å². The molecule has 2 nitrogen and oxygen atoms in total. The van der Waals surface area contributed by atoms with E-state index in [4.69, 9.17) is 0 Å². The van der Waals surface area contributed by atoms with Crippen LogP contribution in [0.1, 0.15) is 75.2 Å². The van der Waals surface area contributed by atoms with E-state index < -0.39 is 18.4 Å². The number of ketones is 1. The van der Waals surface area contributed by atoms with Gasteiger partial charge in [0.15, 0.2) is 0 Å². The zero-order valence-corrected chi connectivity index (χ0v) is 20.5. The van der Waals surface area contributed by atoms with Crippen LogP contribution in [0.2, 0.25) is 17.7 Å². The second-order valence-corrected chi connectivity index (χ2v) is 22.6. The molecule has 27 heavy (non-hydrogen) atoms. The van der Waals surface area contributed by atoms with E-state index in [2.05, 4.69) is 32.9 Å². The van der Waals surface area contributed by atoms with Gasteiger partial charge in [-0.15, -0.1) is 0 Å². The monoisotopic (exact) mass is 475 g/mol. The maximum absolute atomic E-state index is 13.0. The molecular weight excluding hydrogens is 437 g/mol. The van der Waals surface area contributed by atoms with Crippen LogP contribution in [0.15, 0.2) is 24.3 Å². The SMILES string of the molecule is CCC[CH2][Sn]([CH2]CCC)([CH2]CCC)[CH2]C(C#N)C1Cc2ccccc2C1=O. The Morgan fingerprint density at radius 2 is 1.59 bits per heavy atom. The number of carbonyl (C=O) groups excluding carboxylic acids is 1. The summed E-state index contributed by atoms with van der Waals surface area (Å²) in [6.07, 6.45) is 8.50. The van der Waals surface area contributed by atoms with Crippen molar-refractivity contribution in [2.75, 3.05) is 0 Å². The third-order valence-corrected chi connectivity index (χ3v) is 22.4. The predicted molar refractivity (Wildman–Crippen MR) is 117 cm³/mol. The minimum absolute atomic E-state index is 0.0636. The molecule has 0 amide bonds. The molecule has 1 aromatic carbocycles. The third kappa shape index (κ3) is 5.83. The van der Waals surface area contributed by atoms with Gasteiger partial charge in [-0.3, -0.25) is 0 Å². The number of fused-ring (bicyclic) bond motifs is 1. The molecule has 0 saturated heterocycles. The van der Waals surface area contributed by atoms with Crippen molar-refractivity contribution in [3.63, 3.8) is 0 Å². The first kappa shape index (κ1) is 22.5. The summed E-state index contributed by atoms with van der Waals surface area (Å²) in [5.74, 6) is 0.0819. The van der Waals surface area contributed by atoms with Crippen molar-refractivity contribution in [2.45, 2.75) is 83.5 Å². The fraction of sp³-hybridized carbons (Fsp3) is 0.667. The fourth-order valence-corrected chi connectivity index (χ4v) is 21.9. The molecule has 2 unspecified atom stereocenters. The molecule has 0 fully saturated rings. The molecule has 0 heterocycles. The molecule has 0 radical (unpaired) electrons. The molecule has 1 aliphatic carbocycles. The number of rotatable bonds is 12. The van der Waals surface area contributed by atoms with Crippen LogP contribution in [-0.4, -0.2) is 24.2 Å². The number of hydrogen-bond acceptors (Lipinski definition) is 2. The average Bonchev–Trinajstić information content (AvgIpc) is 3.03. The van der Waals surface area contributed by atoms with Gasteiger partial charge in [0.25, 0.3) is 0 Å². The van der Waals surface area contributed by atoms with E-state index in [1.807, 2.05) is 18.2 Å². The van der Waals surface area contributed by atoms with Gasteiger partial charge >= 0.3 is 171 Å². The molecule has 0 spiro atoms. The third-order valence-electron chi connectivity index (χ3n) is 6.55. The molecular formula is C24H37NOSn. The van der Waals surface area contributed by atoms with E-state index in [9.17, 15) is 10.1 Å². The van der Waals surface area contributed by atoms with Crippen LogP contribution in [0.3, 0.4) is 0 Å². The number of Topliss-reactive ketones (excluding diaryl/α,β-unsaturated/α-hetero) is 1.